The molecule has 1 aliphatic carbocycles. The molecule has 0 atom stereocenters. The van der Waals surface area contributed by atoms with Crippen molar-refractivity contribution in [1.29, 1.82) is 0 Å². The van der Waals surface area contributed by atoms with Gasteiger partial charge in [0.2, 0.25) is 0 Å². The third-order valence-corrected chi connectivity index (χ3v) is 6.09. The molecule has 1 fully saturated rings. The maximum absolute atomic E-state index is 12.1. The van der Waals surface area contributed by atoms with Crippen LogP contribution in [-0.2, 0) is 17.6 Å². The van der Waals surface area contributed by atoms with E-state index in [0.717, 1.165) is 40.9 Å². The van der Waals surface area contributed by atoms with Crippen LogP contribution in [0, 0.1) is 0 Å². The standard InChI is InChI=1S/C22H22BrClN2O2/c1-2-28-22(27)26-9-7-14(8-10-26)20-19-6-5-18(24)12-15(19)3-4-16-11-17(23)13-25-21(16)20/h5-6,11-13H,2-4,7-10H2,1H3. The maximum atomic E-state index is 12.1. The van der Waals surface area contributed by atoms with E-state index >= 15 is 0 Å². The molecule has 0 N–H and O–H groups in total. The van der Waals surface area contributed by atoms with Crippen molar-refractivity contribution in [2.75, 3.05) is 19.7 Å². The van der Waals surface area contributed by atoms with Gasteiger partial charge in [-0.15, -0.1) is 0 Å². The number of aryl methyl sites for hydroxylation is 2. The van der Waals surface area contributed by atoms with Gasteiger partial charge in [-0.3, -0.25) is 4.98 Å². The number of pyridine rings is 1. The molecule has 146 valence electrons. The first kappa shape index (κ1) is 19.5. The van der Waals surface area contributed by atoms with Crippen molar-refractivity contribution in [2.45, 2.75) is 32.6 Å². The Labute approximate surface area is 178 Å². The van der Waals surface area contributed by atoms with Crippen LogP contribution in [0.4, 0.5) is 4.79 Å². The molecule has 28 heavy (non-hydrogen) atoms. The smallest absolute Gasteiger partial charge is 0.409 e. The largest absolute Gasteiger partial charge is 0.450 e. The van der Waals surface area contributed by atoms with Crippen LogP contribution in [0.2, 0.25) is 5.02 Å². The molecule has 6 heteroatoms. The second-order valence-electron chi connectivity index (χ2n) is 7.13. The number of hydrogen-bond acceptors (Lipinski definition) is 3. The highest BCUT2D eigenvalue weighted by Crippen LogP contribution is 2.39. The predicted octanol–water partition coefficient (Wildman–Crippen LogP) is 5.65. The van der Waals surface area contributed by atoms with Gasteiger partial charge in [-0.05, 0) is 83.4 Å². The van der Waals surface area contributed by atoms with Crippen LogP contribution in [0.5, 0.6) is 0 Å². The predicted molar refractivity (Wildman–Crippen MR) is 115 cm³/mol. The monoisotopic (exact) mass is 460 g/mol. The molecule has 1 amide bonds. The Kier molecular flexibility index (Phi) is 5.74. The van der Waals surface area contributed by atoms with E-state index in [4.69, 9.17) is 21.3 Å². The van der Waals surface area contributed by atoms with Gasteiger partial charge in [-0.1, -0.05) is 23.2 Å². The number of piperidine rings is 1. The molecule has 0 radical (unpaired) electrons. The average Bonchev–Trinajstić information content (AvgIpc) is 2.84. The molecule has 0 unspecified atom stereocenters. The quantitative estimate of drug-likeness (QED) is 0.551. The molecular formula is C22H22BrClN2O2. The number of halogens is 2. The Morgan fingerprint density at radius 2 is 1.93 bits per heavy atom. The average molecular weight is 462 g/mol. The number of benzene rings is 1. The van der Waals surface area contributed by atoms with Crippen LogP contribution in [0.25, 0.3) is 5.57 Å². The van der Waals surface area contributed by atoms with Gasteiger partial charge in [-0.2, -0.15) is 0 Å². The van der Waals surface area contributed by atoms with E-state index < -0.39 is 0 Å². The van der Waals surface area contributed by atoms with Crippen molar-refractivity contribution >= 4 is 39.2 Å². The summed E-state index contributed by atoms with van der Waals surface area (Å²) in [7, 11) is 0. The summed E-state index contributed by atoms with van der Waals surface area (Å²) in [5, 5.41) is 0.764. The highest BCUT2D eigenvalue weighted by atomic mass is 79.9. The van der Waals surface area contributed by atoms with Crippen molar-refractivity contribution in [1.82, 2.24) is 9.88 Å². The Bertz CT molecular complexity index is 892. The minimum atomic E-state index is -0.220. The second kappa shape index (κ2) is 8.26. The van der Waals surface area contributed by atoms with Crippen LogP contribution in [0.15, 0.2) is 40.5 Å². The number of fused-ring (bicyclic) bond motifs is 2. The van der Waals surface area contributed by atoms with Crippen LogP contribution >= 0.6 is 27.5 Å². The molecule has 1 saturated heterocycles. The first-order valence-corrected chi connectivity index (χ1v) is 10.8. The zero-order chi connectivity index (χ0) is 19.7. The number of carbonyl (C=O) groups excluding carboxylic acids is 1. The SMILES string of the molecule is CCOC(=O)N1CCC(=C2c3ccc(Cl)cc3CCc3cc(Br)cnc32)CC1. The fourth-order valence-corrected chi connectivity index (χ4v) is 4.66. The number of rotatable bonds is 1. The van der Waals surface area contributed by atoms with Crippen LogP contribution in [0.1, 0.15) is 42.1 Å². The summed E-state index contributed by atoms with van der Waals surface area (Å²) in [6.45, 7) is 3.59. The molecule has 0 saturated carbocycles. The molecule has 1 aromatic heterocycles. The third-order valence-electron chi connectivity index (χ3n) is 5.42. The summed E-state index contributed by atoms with van der Waals surface area (Å²) in [6, 6.07) is 8.32. The molecule has 2 heterocycles. The summed E-state index contributed by atoms with van der Waals surface area (Å²) >= 11 is 9.85. The van der Waals surface area contributed by atoms with Gasteiger partial charge in [-0.25, -0.2) is 4.79 Å². The lowest BCUT2D eigenvalue weighted by Gasteiger charge is -2.29. The van der Waals surface area contributed by atoms with Gasteiger partial charge in [0.1, 0.15) is 0 Å². The minimum Gasteiger partial charge on any atom is -0.450 e. The van der Waals surface area contributed by atoms with Gasteiger partial charge in [0, 0.05) is 34.4 Å². The van der Waals surface area contributed by atoms with E-state index in [2.05, 4.69) is 34.1 Å². The van der Waals surface area contributed by atoms with E-state index in [1.165, 1.54) is 27.8 Å². The van der Waals surface area contributed by atoms with Gasteiger partial charge in [0.15, 0.2) is 0 Å². The van der Waals surface area contributed by atoms with Gasteiger partial charge < -0.3 is 9.64 Å². The Balaban J connectivity index is 1.77. The number of nitrogens with zero attached hydrogens (tertiary/aromatic N) is 2. The fourth-order valence-electron chi connectivity index (χ4n) is 4.09. The van der Waals surface area contributed by atoms with Crippen molar-refractivity contribution in [3.8, 4) is 0 Å². The lowest BCUT2D eigenvalue weighted by molar-refractivity contribution is 0.104. The lowest BCUT2D eigenvalue weighted by Crippen LogP contribution is -2.37. The molecule has 0 bridgehead atoms. The van der Waals surface area contributed by atoms with Gasteiger partial charge in [0.25, 0.3) is 0 Å². The van der Waals surface area contributed by atoms with Crippen molar-refractivity contribution in [2.24, 2.45) is 0 Å². The lowest BCUT2D eigenvalue weighted by atomic mass is 9.88. The number of amides is 1. The third kappa shape index (κ3) is 3.83. The number of carbonyl (C=O) groups is 1. The van der Waals surface area contributed by atoms with Gasteiger partial charge in [0.05, 0.1) is 12.3 Å². The molecule has 4 nitrogen and oxygen atoms in total. The first-order valence-electron chi connectivity index (χ1n) is 9.64. The maximum Gasteiger partial charge on any atom is 0.409 e. The van der Waals surface area contributed by atoms with E-state index in [0.29, 0.717) is 19.7 Å². The second-order valence-corrected chi connectivity index (χ2v) is 8.48. The minimum absolute atomic E-state index is 0.220. The molecule has 4 rings (SSSR count). The molecule has 0 spiro atoms. The van der Waals surface area contributed by atoms with Crippen molar-refractivity contribution in [3.05, 3.63) is 67.9 Å². The van der Waals surface area contributed by atoms with Gasteiger partial charge >= 0.3 is 6.09 Å². The number of ether oxygens (including phenoxy) is 1. The molecular weight excluding hydrogens is 440 g/mol. The van der Waals surface area contributed by atoms with Crippen molar-refractivity contribution in [3.63, 3.8) is 0 Å². The summed E-state index contributed by atoms with van der Waals surface area (Å²) in [6.07, 6.45) is 5.17. The van der Waals surface area contributed by atoms with E-state index in [9.17, 15) is 4.79 Å². The van der Waals surface area contributed by atoms with Crippen LogP contribution in [0.3, 0.4) is 0 Å². The number of aromatic nitrogens is 1. The highest BCUT2D eigenvalue weighted by Gasteiger charge is 2.27. The van der Waals surface area contributed by atoms with Crippen LogP contribution in [-0.4, -0.2) is 35.7 Å². The molecule has 1 aromatic carbocycles. The Morgan fingerprint density at radius 1 is 1.18 bits per heavy atom. The number of likely N-dealkylation sites (tertiary alicyclic amines) is 1. The summed E-state index contributed by atoms with van der Waals surface area (Å²) in [4.78, 5) is 18.7. The Morgan fingerprint density at radius 3 is 2.68 bits per heavy atom. The zero-order valence-electron chi connectivity index (χ0n) is 15.8. The molecule has 2 aromatic rings. The number of hydrogen-bond donors (Lipinski definition) is 0. The van der Waals surface area contributed by atoms with E-state index in [-0.39, 0.29) is 6.09 Å². The van der Waals surface area contributed by atoms with E-state index in [1.54, 1.807) is 4.90 Å². The van der Waals surface area contributed by atoms with Crippen LogP contribution < -0.4 is 0 Å². The molecule has 1 aliphatic heterocycles. The first-order chi connectivity index (χ1) is 13.6. The Hall–Kier alpha value is -1.85. The van der Waals surface area contributed by atoms with Crippen molar-refractivity contribution < 1.29 is 9.53 Å². The summed E-state index contributed by atoms with van der Waals surface area (Å²) in [5.41, 5.74) is 7.35. The van der Waals surface area contributed by atoms with E-state index in [1.807, 2.05) is 19.2 Å². The normalized spacial score (nSPS) is 16.3. The highest BCUT2D eigenvalue weighted by molar-refractivity contribution is 9.10. The summed E-state index contributed by atoms with van der Waals surface area (Å²) < 4.78 is 6.16. The zero-order valence-corrected chi connectivity index (χ0v) is 18.1. The fraction of sp³-hybridized carbons (Fsp3) is 0.364. The summed E-state index contributed by atoms with van der Waals surface area (Å²) in [5.74, 6) is 0. The topological polar surface area (TPSA) is 42.4 Å². The molecule has 2 aliphatic rings.